The second kappa shape index (κ2) is 2.95. The average Bonchev–Trinajstić information content (AvgIpc) is 2.29. The van der Waals surface area contributed by atoms with Crippen LogP contribution in [0.1, 0.15) is 5.56 Å². The van der Waals surface area contributed by atoms with Crippen molar-refractivity contribution in [2.75, 3.05) is 0 Å². The van der Waals surface area contributed by atoms with E-state index in [1.54, 1.807) is 0 Å². The fourth-order valence-corrected chi connectivity index (χ4v) is 1.85. The van der Waals surface area contributed by atoms with Crippen LogP contribution in [0.4, 0.5) is 5.69 Å². The highest BCUT2D eigenvalue weighted by molar-refractivity contribution is 5.89. The fraction of sp³-hybridized carbons (Fsp3) is 0.0909. The van der Waals surface area contributed by atoms with E-state index in [1.807, 2.05) is 36.4 Å². The van der Waals surface area contributed by atoms with Gasteiger partial charge in [-0.2, -0.15) is 0 Å². The summed E-state index contributed by atoms with van der Waals surface area (Å²) in [5, 5.41) is 9.55. The van der Waals surface area contributed by atoms with Crippen LogP contribution in [0.2, 0.25) is 0 Å². The van der Waals surface area contributed by atoms with Gasteiger partial charge in [0.15, 0.2) is 11.8 Å². The lowest BCUT2D eigenvalue weighted by Gasteiger charge is -2.04. The van der Waals surface area contributed by atoms with Gasteiger partial charge in [-0.05, 0) is 27.8 Å². The van der Waals surface area contributed by atoms with E-state index in [2.05, 4.69) is 10.3 Å². The number of benzene rings is 2. The molecule has 0 radical (unpaired) electrons. The van der Waals surface area contributed by atoms with Gasteiger partial charge in [-0.3, -0.25) is 0 Å². The van der Waals surface area contributed by atoms with Gasteiger partial charge in [-0.25, -0.2) is 0 Å². The third-order valence-electron chi connectivity index (χ3n) is 2.56. The van der Waals surface area contributed by atoms with Crippen LogP contribution < -0.4 is 0 Å². The van der Waals surface area contributed by atoms with E-state index in [1.165, 1.54) is 0 Å². The molecule has 0 fully saturated rings. The van der Waals surface area contributed by atoms with Gasteiger partial charge in [0.1, 0.15) is 0 Å². The molecule has 0 unspecified atom stereocenters. The van der Waals surface area contributed by atoms with E-state index in [0.717, 1.165) is 22.0 Å². The molecule has 4 heteroatoms. The maximum Gasteiger partial charge on any atom is 0.211 e. The standard InChI is InChI=1S/C11H8N3O/c15-14-7-10-9-4-2-1-3-8(9)5-6-11(10)12-13-14/h1-6H,7H2/q+1. The minimum absolute atomic E-state index is 0.278. The molecule has 1 heterocycles. The summed E-state index contributed by atoms with van der Waals surface area (Å²) < 4.78 is 0. The molecular weight excluding hydrogens is 190 g/mol. The highest BCUT2D eigenvalue weighted by atomic mass is 16.3. The van der Waals surface area contributed by atoms with Crippen molar-refractivity contribution < 1.29 is 4.87 Å². The van der Waals surface area contributed by atoms with E-state index in [9.17, 15) is 4.91 Å². The molecule has 0 aliphatic carbocycles. The van der Waals surface area contributed by atoms with Crippen molar-refractivity contribution in [2.45, 2.75) is 6.54 Å². The smallest absolute Gasteiger partial charge is 0.0616 e. The number of hydrogen-bond acceptors (Lipinski definition) is 2. The van der Waals surface area contributed by atoms with Crippen LogP contribution in [-0.2, 0) is 6.54 Å². The van der Waals surface area contributed by atoms with Crippen LogP contribution in [0.25, 0.3) is 10.8 Å². The predicted octanol–water partition coefficient (Wildman–Crippen LogP) is 3.13. The van der Waals surface area contributed by atoms with Crippen molar-refractivity contribution in [3.05, 3.63) is 46.9 Å². The maximum atomic E-state index is 11.1. The highest BCUT2D eigenvalue weighted by Crippen LogP contribution is 2.31. The zero-order valence-electron chi connectivity index (χ0n) is 7.92. The van der Waals surface area contributed by atoms with E-state index in [4.69, 9.17) is 0 Å². The largest absolute Gasteiger partial charge is 0.211 e. The molecule has 0 bridgehead atoms. The fourth-order valence-electron chi connectivity index (χ4n) is 1.85. The lowest BCUT2D eigenvalue weighted by Crippen LogP contribution is -2.04. The first-order valence-electron chi connectivity index (χ1n) is 4.71. The summed E-state index contributed by atoms with van der Waals surface area (Å²) in [4.78, 5) is 11.7. The first kappa shape index (κ1) is 8.23. The van der Waals surface area contributed by atoms with Gasteiger partial charge in [-0.15, -0.1) is 0 Å². The zero-order chi connectivity index (χ0) is 10.3. The Morgan fingerprint density at radius 3 is 2.93 bits per heavy atom. The molecule has 0 N–H and O–H groups in total. The molecule has 0 saturated carbocycles. The second-order valence-electron chi connectivity index (χ2n) is 3.48. The van der Waals surface area contributed by atoms with Crippen LogP contribution in [0.5, 0.6) is 0 Å². The Kier molecular flexibility index (Phi) is 1.62. The summed E-state index contributed by atoms with van der Waals surface area (Å²) in [5.74, 6) is 0. The summed E-state index contributed by atoms with van der Waals surface area (Å²) in [6.07, 6.45) is 0. The Labute approximate surface area is 85.8 Å². The molecule has 0 amide bonds. The van der Waals surface area contributed by atoms with Crippen molar-refractivity contribution in [3.63, 3.8) is 0 Å². The molecule has 2 aromatic rings. The van der Waals surface area contributed by atoms with Gasteiger partial charge in [0.2, 0.25) is 5.69 Å². The summed E-state index contributed by atoms with van der Waals surface area (Å²) >= 11 is 0. The molecule has 0 spiro atoms. The molecular formula is C11H8N3O+. The van der Waals surface area contributed by atoms with Crippen LogP contribution >= 0.6 is 0 Å². The molecule has 1 aliphatic heterocycles. The van der Waals surface area contributed by atoms with Gasteiger partial charge in [0, 0.05) is 0 Å². The SMILES string of the molecule is O=[N+]1Cc2c(ccc3ccccc23)N=N1. The number of hydrogen-bond donors (Lipinski definition) is 0. The third-order valence-corrected chi connectivity index (χ3v) is 2.56. The summed E-state index contributed by atoms with van der Waals surface area (Å²) in [5.41, 5.74) is 1.75. The molecule has 0 atom stereocenters. The summed E-state index contributed by atoms with van der Waals surface area (Å²) in [6, 6.07) is 11.9. The van der Waals surface area contributed by atoms with E-state index >= 15 is 0 Å². The molecule has 2 aromatic carbocycles. The molecule has 1 aliphatic rings. The number of nitroso groups, excluding NO2 is 1. The van der Waals surface area contributed by atoms with Crippen molar-refractivity contribution in [3.8, 4) is 0 Å². The van der Waals surface area contributed by atoms with E-state index in [-0.39, 0.29) is 6.54 Å². The van der Waals surface area contributed by atoms with Crippen molar-refractivity contribution >= 4 is 16.5 Å². The minimum Gasteiger partial charge on any atom is -0.0616 e. The van der Waals surface area contributed by atoms with Crippen LogP contribution in [0, 0.1) is 4.91 Å². The first-order chi connectivity index (χ1) is 7.34. The van der Waals surface area contributed by atoms with Gasteiger partial charge >= 0.3 is 0 Å². The number of nitrogens with zero attached hydrogens (tertiary/aromatic N) is 3. The lowest BCUT2D eigenvalue weighted by molar-refractivity contribution is -0.579. The lowest BCUT2D eigenvalue weighted by atomic mass is 10.0. The van der Waals surface area contributed by atoms with E-state index < -0.39 is 0 Å². The van der Waals surface area contributed by atoms with E-state index in [0.29, 0.717) is 4.87 Å². The summed E-state index contributed by atoms with van der Waals surface area (Å²) in [7, 11) is 0. The zero-order valence-corrected chi connectivity index (χ0v) is 7.92. The second-order valence-corrected chi connectivity index (χ2v) is 3.48. The Morgan fingerprint density at radius 2 is 2.00 bits per heavy atom. The normalized spacial score (nSPS) is 14.3. The third kappa shape index (κ3) is 1.22. The average molecular weight is 198 g/mol. The van der Waals surface area contributed by atoms with Crippen LogP contribution in [-0.4, -0.2) is 4.87 Å². The van der Waals surface area contributed by atoms with Crippen LogP contribution in [0.15, 0.2) is 46.7 Å². The first-order valence-corrected chi connectivity index (χ1v) is 4.71. The predicted molar refractivity (Wildman–Crippen MR) is 55.8 cm³/mol. The molecule has 0 saturated heterocycles. The molecule has 0 aromatic heterocycles. The molecule has 3 rings (SSSR count). The van der Waals surface area contributed by atoms with Crippen molar-refractivity contribution in [1.82, 2.24) is 0 Å². The molecule has 4 nitrogen and oxygen atoms in total. The number of fused-ring (bicyclic) bond motifs is 3. The number of rotatable bonds is 0. The van der Waals surface area contributed by atoms with Crippen molar-refractivity contribution in [1.29, 1.82) is 0 Å². The Morgan fingerprint density at radius 1 is 1.13 bits per heavy atom. The molecule has 72 valence electrons. The molecule has 15 heavy (non-hydrogen) atoms. The van der Waals surface area contributed by atoms with Gasteiger partial charge in [-0.1, -0.05) is 24.3 Å². The Hall–Kier alpha value is -2.10. The topological polar surface area (TPSA) is 44.8 Å². The minimum atomic E-state index is 0.278. The quantitative estimate of drug-likeness (QED) is 0.600. The Bertz CT molecular complexity index is 589. The summed E-state index contributed by atoms with van der Waals surface area (Å²) in [6.45, 7) is 0.278. The van der Waals surface area contributed by atoms with Crippen molar-refractivity contribution in [2.24, 2.45) is 10.3 Å². The Balaban J connectivity index is 2.38. The van der Waals surface area contributed by atoms with Gasteiger partial charge in [0.25, 0.3) is 0 Å². The van der Waals surface area contributed by atoms with Crippen LogP contribution in [0.3, 0.4) is 0 Å². The van der Waals surface area contributed by atoms with Gasteiger partial charge in [0.05, 0.1) is 15.5 Å². The maximum absolute atomic E-state index is 11.1. The monoisotopic (exact) mass is 198 g/mol. The van der Waals surface area contributed by atoms with Gasteiger partial charge < -0.3 is 0 Å². The highest BCUT2D eigenvalue weighted by Gasteiger charge is 2.21.